The van der Waals surface area contributed by atoms with Gasteiger partial charge in [0.15, 0.2) is 0 Å². The predicted octanol–water partition coefficient (Wildman–Crippen LogP) is 4.93. The Morgan fingerprint density at radius 1 is 1.03 bits per heavy atom. The summed E-state index contributed by atoms with van der Waals surface area (Å²) in [6.45, 7) is 5.10. The van der Waals surface area contributed by atoms with Crippen molar-refractivity contribution in [2.24, 2.45) is 5.92 Å². The topological polar surface area (TPSA) is 52.7 Å². The molecule has 1 aliphatic carbocycles. The van der Waals surface area contributed by atoms with Crippen LogP contribution in [0.1, 0.15) is 47.2 Å². The number of hydrogen-bond acceptors (Lipinski definition) is 3. The van der Waals surface area contributed by atoms with E-state index in [-0.39, 0.29) is 17.9 Å². The fourth-order valence-corrected chi connectivity index (χ4v) is 5.59. The first-order valence-electron chi connectivity index (χ1n) is 11.7. The zero-order valence-corrected chi connectivity index (χ0v) is 20.5. The molecule has 1 heterocycles. The van der Waals surface area contributed by atoms with Crippen LogP contribution in [0.5, 0.6) is 0 Å². The second kappa shape index (κ2) is 10.9. The number of aryl methyl sites for hydroxylation is 1. The molecule has 1 saturated carbocycles. The third-order valence-electron chi connectivity index (χ3n) is 6.82. The van der Waals surface area contributed by atoms with Crippen molar-refractivity contribution >= 4 is 35.0 Å². The molecular formula is C26H31Cl2N3O2. The second-order valence-corrected chi connectivity index (χ2v) is 9.99. The number of piperazine rings is 1. The van der Waals surface area contributed by atoms with Gasteiger partial charge in [0.1, 0.15) is 0 Å². The predicted molar refractivity (Wildman–Crippen MR) is 133 cm³/mol. The summed E-state index contributed by atoms with van der Waals surface area (Å²) in [5.74, 6) is 0.386. The van der Waals surface area contributed by atoms with E-state index in [0.717, 1.165) is 18.4 Å². The minimum atomic E-state index is -0.145. The molecule has 4 rings (SSSR count). The fraction of sp³-hybridized carbons (Fsp3) is 0.462. The molecule has 0 aromatic heterocycles. The number of nitrogens with zero attached hydrogens (tertiary/aromatic N) is 2. The number of hydrogen-bond donors (Lipinski definition) is 1. The SMILES string of the molecule is Cc1cccc(CNC(=O)[C@@H](C2CCCC2)N2CCN(C(=O)c3ccc(Cl)cc3Cl)CC2)c1. The van der Waals surface area contributed by atoms with Crippen LogP contribution in [0.4, 0.5) is 0 Å². The van der Waals surface area contributed by atoms with Crippen molar-refractivity contribution in [3.63, 3.8) is 0 Å². The van der Waals surface area contributed by atoms with Gasteiger partial charge in [-0.25, -0.2) is 0 Å². The van der Waals surface area contributed by atoms with Crippen LogP contribution in [0, 0.1) is 12.8 Å². The average molecular weight is 488 g/mol. The highest BCUT2D eigenvalue weighted by Gasteiger charge is 2.37. The Morgan fingerprint density at radius 3 is 2.42 bits per heavy atom. The van der Waals surface area contributed by atoms with E-state index < -0.39 is 0 Å². The highest BCUT2D eigenvalue weighted by molar-refractivity contribution is 6.36. The monoisotopic (exact) mass is 487 g/mol. The molecule has 2 fully saturated rings. The molecule has 176 valence electrons. The van der Waals surface area contributed by atoms with Gasteiger partial charge in [0, 0.05) is 37.7 Å². The van der Waals surface area contributed by atoms with Crippen molar-refractivity contribution in [2.75, 3.05) is 26.2 Å². The van der Waals surface area contributed by atoms with Gasteiger partial charge < -0.3 is 10.2 Å². The molecule has 1 aliphatic heterocycles. The summed E-state index contributed by atoms with van der Waals surface area (Å²) in [4.78, 5) is 30.4. The van der Waals surface area contributed by atoms with Crippen LogP contribution in [-0.4, -0.2) is 53.8 Å². The number of halogens is 2. The normalized spacial score (nSPS) is 18.3. The van der Waals surface area contributed by atoms with Crippen LogP contribution in [0.15, 0.2) is 42.5 Å². The summed E-state index contributed by atoms with van der Waals surface area (Å²) >= 11 is 12.2. The lowest BCUT2D eigenvalue weighted by Crippen LogP contribution is -2.57. The van der Waals surface area contributed by atoms with Crippen LogP contribution < -0.4 is 5.32 Å². The first kappa shape index (κ1) is 24.1. The Bertz CT molecular complexity index is 999. The molecule has 0 bridgehead atoms. The number of carbonyl (C=O) groups excluding carboxylic acids is 2. The van der Waals surface area contributed by atoms with Crippen LogP contribution in [-0.2, 0) is 11.3 Å². The highest BCUT2D eigenvalue weighted by atomic mass is 35.5. The van der Waals surface area contributed by atoms with Crippen molar-refractivity contribution in [1.82, 2.24) is 15.1 Å². The van der Waals surface area contributed by atoms with Crippen molar-refractivity contribution in [3.05, 3.63) is 69.2 Å². The first-order chi connectivity index (χ1) is 15.9. The molecule has 0 unspecified atom stereocenters. The van der Waals surface area contributed by atoms with E-state index in [9.17, 15) is 9.59 Å². The second-order valence-electron chi connectivity index (χ2n) is 9.15. The van der Waals surface area contributed by atoms with Crippen molar-refractivity contribution in [3.8, 4) is 0 Å². The molecule has 33 heavy (non-hydrogen) atoms. The van der Waals surface area contributed by atoms with Crippen LogP contribution in [0.25, 0.3) is 0 Å². The minimum absolute atomic E-state index is 0.0855. The molecule has 1 N–H and O–H groups in total. The number of nitrogens with one attached hydrogen (secondary N) is 1. The van der Waals surface area contributed by atoms with E-state index in [1.54, 1.807) is 18.2 Å². The Balaban J connectivity index is 1.40. The Hall–Kier alpha value is -2.08. The molecule has 0 spiro atoms. The summed E-state index contributed by atoms with van der Waals surface area (Å²) in [5.41, 5.74) is 2.78. The third kappa shape index (κ3) is 5.89. The maximum absolute atomic E-state index is 13.3. The largest absolute Gasteiger partial charge is 0.351 e. The Kier molecular flexibility index (Phi) is 7.94. The van der Waals surface area contributed by atoms with E-state index in [1.807, 2.05) is 17.0 Å². The lowest BCUT2D eigenvalue weighted by molar-refractivity contribution is -0.129. The standard InChI is InChI=1S/C26H31Cl2N3O2/c1-18-5-4-6-19(15-18)17-29-25(32)24(20-7-2-3-8-20)30-11-13-31(14-12-30)26(33)22-10-9-21(27)16-23(22)28/h4-6,9-10,15-16,20,24H,2-3,7-8,11-14,17H2,1H3,(H,29,32)/t24-/m1/s1. The van der Waals surface area contributed by atoms with E-state index in [4.69, 9.17) is 23.2 Å². The molecule has 2 aliphatic rings. The minimum Gasteiger partial charge on any atom is -0.351 e. The average Bonchev–Trinajstić information content (AvgIpc) is 3.32. The van der Waals surface area contributed by atoms with Crippen LogP contribution >= 0.6 is 23.2 Å². The molecule has 0 radical (unpaired) electrons. The van der Waals surface area contributed by atoms with Gasteiger partial charge in [0.2, 0.25) is 5.91 Å². The summed E-state index contributed by atoms with van der Waals surface area (Å²) in [6.07, 6.45) is 4.53. The zero-order chi connectivity index (χ0) is 23.4. The molecule has 1 saturated heterocycles. The summed E-state index contributed by atoms with van der Waals surface area (Å²) in [7, 11) is 0. The molecule has 5 nitrogen and oxygen atoms in total. The van der Waals surface area contributed by atoms with Gasteiger partial charge in [0.25, 0.3) is 5.91 Å². The van der Waals surface area contributed by atoms with Gasteiger partial charge in [0.05, 0.1) is 16.6 Å². The quantitative estimate of drug-likeness (QED) is 0.627. The maximum Gasteiger partial charge on any atom is 0.255 e. The fourth-order valence-electron chi connectivity index (χ4n) is 5.10. The first-order valence-corrected chi connectivity index (χ1v) is 12.5. The highest BCUT2D eigenvalue weighted by Crippen LogP contribution is 2.31. The van der Waals surface area contributed by atoms with Gasteiger partial charge in [-0.15, -0.1) is 0 Å². The molecule has 1 atom stereocenters. The van der Waals surface area contributed by atoms with E-state index in [2.05, 4.69) is 29.3 Å². The third-order valence-corrected chi connectivity index (χ3v) is 7.37. The van der Waals surface area contributed by atoms with E-state index >= 15 is 0 Å². The number of rotatable bonds is 6. The molecule has 2 amide bonds. The van der Waals surface area contributed by atoms with E-state index in [0.29, 0.717) is 54.3 Å². The maximum atomic E-state index is 13.3. The van der Waals surface area contributed by atoms with Gasteiger partial charge in [-0.3, -0.25) is 14.5 Å². The molecule has 7 heteroatoms. The van der Waals surface area contributed by atoms with Gasteiger partial charge >= 0.3 is 0 Å². The van der Waals surface area contributed by atoms with Crippen LogP contribution in [0.2, 0.25) is 10.0 Å². The summed E-state index contributed by atoms with van der Waals surface area (Å²) < 4.78 is 0. The van der Waals surface area contributed by atoms with Crippen LogP contribution in [0.3, 0.4) is 0 Å². The van der Waals surface area contributed by atoms with Gasteiger partial charge in [-0.1, -0.05) is 65.9 Å². The van der Waals surface area contributed by atoms with Gasteiger partial charge in [-0.2, -0.15) is 0 Å². The number of amides is 2. The van der Waals surface area contributed by atoms with E-state index in [1.165, 1.54) is 18.4 Å². The van der Waals surface area contributed by atoms with Crippen molar-refractivity contribution in [1.29, 1.82) is 0 Å². The molecule has 2 aromatic rings. The number of benzene rings is 2. The number of carbonyl (C=O) groups is 2. The lowest BCUT2D eigenvalue weighted by atomic mass is 9.94. The molecule has 2 aromatic carbocycles. The smallest absolute Gasteiger partial charge is 0.255 e. The lowest BCUT2D eigenvalue weighted by Gasteiger charge is -2.40. The summed E-state index contributed by atoms with van der Waals surface area (Å²) in [6, 6.07) is 13.1. The molecular weight excluding hydrogens is 457 g/mol. The van der Waals surface area contributed by atoms with Crippen molar-refractivity contribution < 1.29 is 9.59 Å². The Morgan fingerprint density at radius 2 is 1.76 bits per heavy atom. The zero-order valence-electron chi connectivity index (χ0n) is 19.0. The summed E-state index contributed by atoms with van der Waals surface area (Å²) in [5, 5.41) is 4.06. The Labute approximate surface area is 206 Å². The van der Waals surface area contributed by atoms with Crippen molar-refractivity contribution in [2.45, 2.75) is 45.2 Å². The van der Waals surface area contributed by atoms with Gasteiger partial charge in [-0.05, 0) is 49.4 Å².